The molecule has 2 aromatic rings. The Morgan fingerprint density at radius 1 is 0.529 bits per heavy atom. The normalized spacial score (nSPS) is 13.4. The Morgan fingerprint density at radius 3 is 1.00 bits per heavy atom. The maximum atomic E-state index is 9.11. The van der Waals surface area contributed by atoms with E-state index in [2.05, 4.69) is 113 Å². The van der Waals surface area contributed by atoms with Crippen molar-refractivity contribution in [1.82, 2.24) is 10.2 Å². The Hall–Kier alpha value is -2.12. The zero-order valence-corrected chi connectivity index (χ0v) is 24.0. The van der Waals surface area contributed by atoms with E-state index >= 15 is 0 Å². The molecule has 0 saturated carbocycles. The molecule has 0 aliphatic rings. The Balaban J connectivity index is 0.000000340. The van der Waals surface area contributed by atoms with Crippen molar-refractivity contribution in [2.75, 3.05) is 37.0 Å². The molecule has 0 aliphatic heterocycles. The fourth-order valence-electron chi connectivity index (χ4n) is 4.97. The number of nitriles is 2. The number of benzene rings is 2. The molecule has 4 nitrogen and oxygen atoms in total. The van der Waals surface area contributed by atoms with Crippen LogP contribution in [0.4, 0.5) is 0 Å². The summed E-state index contributed by atoms with van der Waals surface area (Å²) in [7, 11) is 0. The molecule has 2 N–H and O–H groups in total. The summed E-state index contributed by atoms with van der Waals surface area (Å²) in [6.07, 6.45) is 13.0. The molecule has 0 fully saturated rings. The average Bonchev–Trinajstić information content (AvgIpc) is 2.90. The van der Waals surface area contributed by atoms with Gasteiger partial charge in [0.15, 0.2) is 0 Å². The molecule has 0 aromatic heterocycles. The van der Waals surface area contributed by atoms with Crippen molar-refractivity contribution in [1.29, 1.82) is 10.5 Å². The summed E-state index contributed by atoms with van der Waals surface area (Å²) in [6, 6.07) is 21.1. The van der Waals surface area contributed by atoms with Crippen LogP contribution >= 0.6 is 13.5 Å². The van der Waals surface area contributed by atoms with Crippen molar-refractivity contribution in [3.05, 3.63) is 71.8 Å². The summed E-state index contributed by atoms with van der Waals surface area (Å²) in [5.74, 6) is 0. The van der Waals surface area contributed by atoms with Crippen molar-refractivity contribution in [3.8, 4) is 12.4 Å². The third-order valence-corrected chi connectivity index (χ3v) is 22.4. The maximum absolute atomic E-state index is 9.11. The van der Waals surface area contributed by atoms with Crippen LogP contribution in [-0.2, 0) is 12.3 Å². The minimum absolute atomic E-state index is 1.03. The predicted octanol–water partition coefficient (Wildman–Crippen LogP) is 7.57. The van der Waals surface area contributed by atoms with E-state index in [1.165, 1.54) is 11.1 Å². The summed E-state index contributed by atoms with van der Waals surface area (Å²) in [5, 5.41) is 24.7. The monoisotopic (exact) mass is 500 g/mol. The molecule has 0 saturated heterocycles. The molecule has 0 amide bonds. The van der Waals surface area contributed by atoms with E-state index in [4.69, 9.17) is 10.5 Å². The predicted molar refractivity (Wildman–Crippen MR) is 155 cm³/mol. The van der Waals surface area contributed by atoms with Gasteiger partial charge in [-0.1, -0.05) is 0 Å². The van der Waals surface area contributed by atoms with Gasteiger partial charge in [0.2, 0.25) is 0 Å². The fourth-order valence-corrected chi connectivity index (χ4v) is 13.0. The average molecular weight is 501 g/mol. The van der Waals surface area contributed by atoms with Gasteiger partial charge in [-0.3, -0.25) is 0 Å². The van der Waals surface area contributed by atoms with Crippen LogP contribution < -0.4 is 10.2 Å². The first-order chi connectivity index (χ1) is 16.3. The van der Waals surface area contributed by atoms with Crippen molar-refractivity contribution < 1.29 is 0 Å². The van der Waals surface area contributed by atoms with E-state index in [0.29, 0.717) is 0 Å². The molecule has 2 aromatic carbocycles. The van der Waals surface area contributed by atoms with Gasteiger partial charge in [0.25, 0.3) is 0 Å². The van der Waals surface area contributed by atoms with Crippen LogP contribution in [0.15, 0.2) is 60.7 Å². The Bertz CT molecular complexity index is 838. The zero-order chi connectivity index (χ0) is 25.6. The fraction of sp³-hybridized carbons (Fsp3) is 0.500. The van der Waals surface area contributed by atoms with E-state index in [1.807, 2.05) is 12.1 Å². The van der Waals surface area contributed by atoms with Gasteiger partial charge in [-0.2, -0.15) is 0 Å². The third kappa shape index (κ3) is 6.95. The molecule has 0 bridgehead atoms. The van der Waals surface area contributed by atoms with E-state index < -0.39 is 13.5 Å². The molecule has 0 aliphatic carbocycles. The van der Waals surface area contributed by atoms with Gasteiger partial charge in [0, 0.05) is 0 Å². The van der Waals surface area contributed by atoms with Gasteiger partial charge < -0.3 is 0 Å². The Morgan fingerprint density at radius 2 is 0.794 bits per heavy atom. The molecule has 0 unspecified atom stereocenters. The first-order valence-electron chi connectivity index (χ1n) is 12.7. The molecule has 0 atom stereocenters. The SMILES string of the molecule is CCP(CC)(CC)(Cc1ccccc1)NC#N.CCP(CC)(CC)(Cc1ccccc1)NC#N. The number of hydrogen-bond donors (Lipinski definition) is 2. The molecule has 0 heterocycles. The van der Waals surface area contributed by atoms with E-state index in [0.717, 1.165) is 49.3 Å². The summed E-state index contributed by atoms with van der Waals surface area (Å²) < 4.78 is 0. The molecule has 2 rings (SSSR count). The number of nitrogens with one attached hydrogen (secondary N) is 2. The summed E-state index contributed by atoms with van der Waals surface area (Å²) >= 11 is 0. The Kier molecular flexibility index (Phi) is 11.5. The van der Waals surface area contributed by atoms with Crippen molar-refractivity contribution >= 4 is 13.5 Å². The molecule has 0 radical (unpaired) electrons. The number of rotatable bonds is 12. The molecule has 34 heavy (non-hydrogen) atoms. The summed E-state index contributed by atoms with van der Waals surface area (Å²) in [4.78, 5) is 0. The van der Waals surface area contributed by atoms with Crippen LogP contribution in [0.5, 0.6) is 0 Å². The van der Waals surface area contributed by atoms with Crippen molar-refractivity contribution in [2.45, 2.75) is 53.9 Å². The zero-order valence-electron chi connectivity index (χ0n) is 22.2. The molecule has 0 spiro atoms. The number of hydrogen-bond acceptors (Lipinski definition) is 4. The number of nitrogens with zero attached hydrogens (tertiary/aromatic N) is 2. The summed E-state index contributed by atoms with van der Waals surface area (Å²) in [6.45, 7) is 9.13. The summed E-state index contributed by atoms with van der Waals surface area (Å²) in [5.41, 5.74) is 2.69. The van der Waals surface area contributed by atoms with Crippen LogP contribution in [-0.4, -0.2) is 37.0 Å². The minimum atomic E-state index is -2.10. The second kappa shape index (κ2) is 13.1. The third-order valence-electron chi connectivity index (χ3n) is 8.59. The first-order valence-corrected chi connectivity index (χ1v) is 18.6. The van der Waals surface area contributed by atoms with Crippen LogP contribution in [0, 0.1) is 22.9 Å². The van der Waals surface area contributed by atoms with E-state index in [1.54, 1.807) is 0 Å². The van der Waals surface area contributed by atoms with Gasteiger partial charge in [0.1, 0.15) is 0 Å². The van der Waals surface area contributed by atoms with Gasteiger partial charge in [-0.25, -0.2) is 0 Å². The van der Waals surface area contributed by atoms with Gasteiger partial charge in [-0.15, -0.1) is 0 Å². The second-order valence-electron chi connectivity index (χ2n) is 9.58. The van der Waals surface area contributed by atoms with Crippen molar-refractivity contribution in [2.24, 2.45) is 0 Å². The molecule has 188 valence electrons. The van der Waals surface area contributed by atoms with Gasteiger partial charge in [0.05, 0.1) is 0 Å². The van der Waals surface area contributed by atoms with Crippen molar-refractivity contribution in [3.63, 3.8) is 0 Å². The van der Waals surface area contributed by atoms with Crippen LogP contribution in [0.2, 0.25) is 0 Å². The van der Waals surface area contributed by atoms with Crippen LogP contribution in [0.1, 0.15) is 52.7 Å². The second-order valence-corrected chi connectivity index (χ2v) is 22.4. The standard InChI is InChI=1S/2C14H23N2P/c2*1-4-17(5-2,6-3,16-13-15)12-14-10-8-7-9-11-14/h2*7-11,16H,4-6,12H2,1-3H3. The van der Waals surface area contributed by atoms with Gasteiger partial charge >= 0.3 is 209 Å². The molecule has 6 heteroatoms. The molecular formula is C28H46N4P2. The quantitative estimate of drug-likeness (QED) is 0.179. The topological polar surface area (TPSA) is 71.6 Å². The first kappa shape index (κ1) is 29.9. The molecular weight excluding hydrogens is 454 g/mol. The Labute approximate surface area is 209 Å². The van der Waals surface area contributed by atoms with Crippen LogP contribution in [0.3, 0.4) is 0 Å². The van der Waals surface area contributed by atoms with Gasteiger partial charge in [-0.05, 0) is 0 Å². The van der Waals surface area contributed by atoms with E-state index in [9.17, 15) is 0 Å². The van der Waals surface area contributed by atoms with Crippen LogP contribution in [0.25, 0.3) is 0 Å². The van der Waals surface area contributed by atoms with E-state index in [-0.39, 0.29) is 0 Å².